The summed E-state index contributed by atoms with van der Waals surface area (Å²) in [4.78, 5) is 11.5. The number of nitrogens with one attached hydrogen (secondary N) is 1. The minimum atomic E-state index is -3.67. The Hall–Kier alpha value is -1.05. The number of sulfonamides is 1. The van der Waals surface area contributed by atoms with E-state index in [0.29, 0.717) is 5.75 Å². The van der Waals surface area contributed by atoms with Crippen molar-refractivity contribution in [1.29, 1.82) is 0 Å². The van der Waals surface area contributed by atoms with E-state index in [-0.39, 0.29) is 16.8 Å². The molecular formula is C11H16N2O3S2. The van der Waals surface area contributed by atoms with E-state index in [0.717, 1.165) is 5.56 Å². The third kappa shape index (κ3) is 4.32. The molecule has 0 radical (unpaired) electrons. The lowest BCUT2D eigenvalue weighted by molar-refractivity contribution is -0.119. The highest BCUT2D eigenvalue weighted by Gasteiger charge is 2.11. The molecule has 5 nitrogen and oxygen atoms in total. The topological polar surface area (TPSA) is 89.3 Å². The van der Waals surface area contributed by atoms with Gasteiger partial charge in [0.1, 0.15) is 0 Å². The third-order valence-electron chi connectivity index (χ3n) is 2.36. The van der Waals surface area contributed by atoms with Crippen molar-refractivity contribution in [3.63, 3.8) is 0 Å². The SMILES string of the molecule is CSCC(=O)NC(C)c1ccc(S(N)(=O)=O)cc1. The van der Waals surface area contributed by atoms with E-state index in [9.17, 15) is 13.2 Å². The highest BCUT2D eigenvalue weighted by molar-refractivity contribution is 7.99. The summed E-state index contributed by atoms with van der Waals surface area (Å²) in [7, 11) is -3.67. The number of carbonyl (C=O) groups is 1. The van der Waals surface area contributed by atoms with E-state index in [1.807, 2.05) is 13.2 Å². The summed E-state index contributed by atoms with van der Waals surface area (Å²) < 4.78 is 22.2. The molecule has 1 atom stereocenters. The second-order valence-electron chi connectivity index (χ2n) is 3.84. The monoisotopic (exact) mass is 288 g/mol. The van der Waals surface area contributed by atoms with Crippen molar-refractivity contribution in [2.24, 2.45) is 5.14 Å². The maximum absolute atomic E-state index is 11.4. The van der Waals surface area contributed by atoms with E-state index >= 15 is 0 Å². The molecule has 1 rings (SSSR count). The molecule has 1 amide bonds. The summed E-state index contributed by atoms with van der Waals surface area (Å²) in [5, 5.41) is 7.82. The normalized spacial score (nSPS) is 13.1. The Morgan fingerprint density at radius 2 is 1.94 bits per heavy atom. The first-order chi connectivity index (χ1) is 8.34. The number of amides is 1. The quantitative estimate of drug-likeness (QED) is 0.841. The van der Waals surface area contributed by atoms with Crippen molar-refractivity contribution in [3.05, 3.63) is 29.8 Å². The molecule has 0 aromatic heterocycles. The number of primary sulfonamides is 1. The molecule has 18 heavy (non-hydrogen) atoms. The molecule has 1 aromatic rings. The maximum atomic E-state index is 11.4. The lowest BCUT2D eigenvalue weighted by atomic mass is 10.1. The van der Waals surface area contributed by atoms with Gasteiger partial charge in [0.05, 0.1) is 16.7 Å². The summed E-state index contributed by atoms with van der Waals surface area (Å²) in [6.45, 7) is 1.84. The summed E-state index contributed by atoms with van der Waals surface area (Å²) in [5.74, 6) is 0.352. The zero-order valence-corrected chi connectivity index (χ0v) is 11.8. The van der Waals surface area contributed by atoms with Crippen molar-refractivity contribution in [2.75, 3.05) is 12.0 Å². The first-order valence-corrected chi connectivity index (χ1v) is 8.19. The molecular weight excluding hydrogens is 272 g/mol. The van der Waals surface area contributed by atoms with Crippen LogP contribution in [0.2, 0.25) is 0 Å². The van der Waals surface area contributed by atoms with Gasteiger partial charge in [-0.3, -0.25) is 4.79 Å². The largest absolute Gasteiger partial charge is 0.349 e. The maximum Gasteiger partial charge on any atom is 0.238 e. The second kappa shape index (κ2) is 6.21. The first kappa shape index (κ1) is 15.0. The van der Waals surface area contributed by atoms with Crippen LogP contribution >= 0.6 is 11.8 Å². The van der Waals surface area contributed by atoms with Crippen LogP contribution in [0.1, 0.15) is 18.5 Å². The molecule has 1 unspecified atom stereocenters. The van der Waals surface area contributed by atoms with Crippen molar-refractivity contribution >= 4 is 27.7 Å². The first-order valence-electron chi connectivity index (χ1n) is 5.25. The Morgan fingerprint density at radius 1 is 1.39 bits per heavy atom. The van der Waals surface area contributed by atoms with Gasteiger partial charge in [-0.05, 0) is 30.9 Å². The molecule has 0 saturated heterocycles. The Labute approximate surface area is 111 Å². The Bertz CT molecular complexity index is 512. The molecule has 0 aliphatic carbocycles. The molecule has 0 fully saturated rings. The second-order valence-corrected chi connectivity index (χ2v) is 6.26. The summed E-state index contributed by atoms with van der Waals surface area (Å²) >= 11 is 1.44. The zero-order valence-electron chi connectivity index (χ0n) is 10.2. The van der Waals surface area contributed by atoms with E-state index in [1.54, 1.807) is 12.1 Å². The van der Waals surface area contributed by atoms with Crippen LogP contribution in [0.25, 0.3) is 0 Å². The van der Waals surface area contributed by atoms with Gasteiger partial charge in [0, 0.05) is 0 Å². The minimum Gasteiger partial charge on any atom is -0.349 e. The van der Waals surface area contributed by atoms with Gasteiger partial charge in [-0.1, -0.05) is 12.1 Å². The predicted molar refractivity (Wildman–Crippen MR) is 72.8 cm³/mol. The zero-order chi connectivity index (χ0) is 13.8. The third-order valence-corrected chi connectivity index (χ3v) is 3.84. The number of hydrogen-bond donors (Lipinski definition) is 2. The molecule has 0 aliphatic heterocycles. The van der Waals surface area contributed by atoms with Gasteiger partial charge < -0.3 is 5.32 Å². The van der Waals surface area contributed by atoms with Crippen LogP contribution in [-0.2, 0) is 14.8 Å². The molecule has 7 heteroatoms. The number of benzene rings is 1. The minimum absolute atomic E-state index is 0.0504. The standard InChI is InChI=1S/C11H16N2O3S2/c1-8(13-11(14)7-17-2)9-3-5-10(6-4-9)18(12,15)16/h3-6,8H,7H2,1-2H3,(H,13,14)(H2,12,15,16). The molecule has 0 saturated carbocycles. The summed E-state index contributed by atoms with van der Waals surface area (Å²) in [5.41, 5.74) is 0.830. The van der Waals surface area contributed by atoms with E-state index < -0.39 is 10.0 Å². The van der Waals surface area contributed by atoms with Gasteiger partial charge in [0.2, 0.25) is 15.9 Å². The van der Waals surface area contributed by atoms with Gasteiger partial charge in [0.25, 0.3) is 0 Å². The van der Waals surface area contributed by atoms with Gasteiger partial charge >= 0.3 is 0 Å². The Balaban J connectivity index is 2.76. The highest BCUT2D eigenvalue weighted by atomic mass is 32.2. The fourth-order valence-electron chi connectivity index (χ4n) is 1.44. The van der Waals surface area contributed by atoms with Crippen molar-refractivity contribution < 1.29 is 13.2 Å². The van der Waals surface area contributed by atoms with Gasteiger partial charge in [-0.15, -0.1) is 0 Å². The Kier molecular flexibility index (Phi) is 5.18. The molecule has 0 bridgehead atoms. The lowest BCUT2D eigenvalue weighted by Crippen LogP contribution is -2.28. The van der Waals surface area contributed by atoms with Crippen LogP contribution in [0.5, 0.6) is 0 Å². The average molecular weight is 288 g/mol. The fraction of sp³-hybridized carbons (Fsp3) is 0.364. The number of hydrogen-bond acceptors (Lipinski definition) is 4. The van der Waals surface area contributed by atoms with Crippen LogP contribution in [0.4, 0.5) is 0 Å². The molecule has 1 aromatic carbocycles. The van der Waals surface area contributed by atoms with Crippen molar-refractivity contribution in [2.45, 2.75) is 17.9 Å². The average Bonchev–Trinajstić information content (AvgIpc) is 2.28. The van der Waals surface area contributed by atoms with Crippen LogP contribution in [0.15, 0.2) is 29.2 Å². The summed E-state index contributed by atoms with van der Waals surface area (Å²) in [6.07, 6.45) is 1.85. The smallest absolute Gasteiger partial charge is 0.238 e. The van der Waals surface area contributed by atoms with Crippen LogP contribution in [0.3, 0.4) is 0 Å². The summed E-state index contributed by atoms with van der Waals surface area (Å²) in [6, 6.07) is 5.98. The molecule has 3 N–H and O–H groups in total. The molecule has 0 heterocycles. The van der Waals surface area contributed by atoms with Crippen molar-refractivity contribution in [3.8, 4) is 0 Å². The van der Waals surface area contributed by atoms with Gasteiger partial charge in [-0.2, -0.15) is 11.8 Å². The predicted octanol–water partition coefficient (Wildman–Crippen LogP) is 0.874. The van der Waals surface area contributed by atoms with Gasteiger partial charge in [0.15, 0.2) is 0 Å². The lowest BCUT2D eigenvalue weighted by Gasteiger charge is -2.14. The fourth-order valence-corrected chi connectivity index (χ4v) is 2.30. The van der Waals surface area contributed by atoms with E-state index in [4.69, 9.17) is 5.14 Å². The van der Waals surface area contributed by atoms with E-state index in [2.05, 4.69) is 5.32 Å². The Morgan fingerprint density at radius 3 is 2.39 bits per heavy atom. The number of carbonyl (C=O) groups excluding carboxylic acids is 1. The molecule has 0 spiro atoms. The van der Waals surface area contributed by atoms with Crippen molar-refractivity contribution in [1.82, 2.24) is 5.32 Å². The number of rotatable bonds is 5. The number of nitrogens with two attached hydrogens (primary N) is 1. The van der Waals surface area contributed by atoms with Crippen LogP contribution in [0, 0.1) is 0 Å². The molecule has 0 aliphatic rings. The van der Waals surface area contributed by atoms with Crippen LogP contribution in [-0.4, -0.2) is 26.3 Å². The highest BCUT2D eigenvalue weighted by Crippen LogP contribution is 2.15. The number of thioether (sulfide) groups is 1. The molecule has 100 valence electrons. The van der Waals surface area contributed by atoms with Gasteiger partial charge in [-0.25, -0.2) is 13.6 Å². The van der Waals surface area contributed by atoms with E-state index in [1.165, 1.54) is 23.9 Å². The van der Waals surface area contributed by atoms with Crippen LogP contribution < -0.4 is 10.5 Å².